The number of rotatable bonds is 1. The van der Waals surface area contributed by atoms with Crippen molar-refractivity contribution in [2.75, 3.05) is 7.11 Å². The van der Waals surface area contributed by atoms with E-state index in [1.54, 1.807) is 0 Å². The van der Waals surface area contributed by atoms with Gasteiger partial charge in [0.25, 0.3) is 0 Å². The zero-order valence-electron chi connectivity index (χ0n) is 15.1. The normalized spacial score (nSPS) is 49.7. The molecule has 7 atom stereocenters. The van der Waals surface area contributed by atoms with Gasteiger partial charge in [0.05, 0.1) is 18.8 Å². The summed E-state index contributed by atoms with van der Waals surface area (Å²) in [5, 5.41) is 10.5. The Morgan fingerprint density at radius 3 is 2.71 bits per heavy atom. The highest BCUT2D eigenvalue weighted by atomic mass is 16.5. The summed E-state index contributed by atoms with van der Waals surface area (Å²) in [6, 6.07) is 0. The highest BCUT2D eigenvalue weighted by Crippen LogP contribution is 2.64. The van der Waals surface area contributed by atoms with E-state index in [0.717, 1.165) is 30.8 Å². The Morgan fingerprint density at radius 1 is 1.17 bits per heavy atom. The molecule has 0 aliphatic heterocycles. The summed E-state index contributed by atoms with van der Waals surface area (Å²) in [7, 11) is 1.45. The second-order valence-electron chi connectivity index (χ2n) is 9.01. The molecule has 3 nitrogen and oxygen atoms in total. The second-order valence-corrected chi connectivity index (χ2v) is 9.01. The molecule has 0 radical (unpaired) electrons. The third-order valence-corrected chi connectivity index (χ3v) is 8.22. The fourth-order valence-electron chi connectivity index (χ4n) is 6.70. The third-order valence-electron chi connectivity index (χ3n) is 8.22. The fraction of sp³-hybridized carbons (Fsp3) is 0.762. The van der Waals surface area contributed by atoms with Gasteiger partial charge in [0.1, 0.15) is 0 Å². The van der Waals surface area contributed by atoms with Gasteiger partial charge in [-0.3, -0.25) is 0 Å². The van der Waals surface area contributed by atoms with Crippen molar-refractivity contribution in [2.45, 2.75) is 58.5 Å². The Kier molecular flexibility index (Phi) is 3.72. The van der Waals surface area contributed by atoms with Gasteiger partial charge in [0, 0.05) is 0 Å². The third kappa shape index (κ3) is 2.09. The number of hydrogen-bond donors (Lipinski definition) is 1. The number of hydrogen-bond acceptors (Lipinski definition) is 3. The van der Waals surface area contributed by atoms with E-state index in [2.05, 4.69) is 26.0 Å². The molecular weight excluding hydrogens is 300 g/mol. The van der Waals surface area contributed by atoms with Crippen LogP contribution in [0.1, 0.15) is 52.4 Å². The Bertz CT molecular complexity index is 606. The van der Waals surface area contributed by atoms with Crippen molar-refractivity contribution in [3.05, 3.63) is 23.8 Å². The summed E-state index contributed by atoms with van der Waals surface area (Å²) in [6.45, 7) is 4.72. The molecule has 0 saturated heterocycles. The lowest BCUT2D eigenvalue weighted by atomic mass is 9.47. The molecule has 0 bridgehead atoms. The molecule has 0 aromatic heterocycles. The molecule has 3 saturated carbocycles. The lowest BCUT2D eigenvalue weighted by Gasteiger charge is -2.58. The zero-order valence-corrected chi connectivity index (χ0v) is 15.1. The van der Waals surface area contributed by atoms with Crippen LogP contribution in [0.3, 0.4) is 0 Å². The van der Waals surface area contributed by atoms with Crippen molar-refractivity contribution in [3.8, 4) is 0 Å². The zero-order chi connectivity index (χ0) is 17.1. The summed E-state index contributed by atoms with van der Waals surface area (Å²) >= 11 is 0. The van der Waals surface area contributed by atoms with Gasteiger partial charge < -0.3 is 9.84 Å². The number of aliphatic hydroxyl groups is 1. The lowest BCUT2D eigenvalue weighted by molar-refractivity contribution is -0.135. The van der Waals surface area contributed by atoms with Crippen molar-refractivity contribution < 1.29 is 14.6 Å². The number of allylic oxidation sites excluding steroid dienone is 2. The van der Waals surface area contributed by atoms with Gasteiger partial charge >= 0.3 is 5.97 Å². The van der Waals surface area contributed by atoms with E-state index in [4.69, 9.17) is 4.74 Å². The molecule has 0 spiro atoms. The Balaban J connectivity index is 1.63. The minimum atomic E-state index is -0.217. The molecule has 0 aromatic rings. The van der Waals surface area contributed by atoms with Crippen molar-refractivity contribution in [3.63, 3.8) is 0 Å². The Morgan fingerprint density at radius 2 is 1.96 bits per heavy atom. The predicted octanol–water partition coefficient (Wildman–Crippen LogP) is 3.88. The van der Waals surface area contributed by atoms with E-state index in [-0.39, 0.29) is 22.9 Å². The SMILES string of the molecule is COC(=O)C1=CC2CC[C@H]3[C@@H]4CC[C@H](O)[C@@]4(C)CC[C@@H]3[C@@]2(C)C=C1. The summed E-state index contributed by atoms with van der Waals surface area (Å²) in [5.74, 6) is 2.29. The topological polar surface area (TPSA) is 46.5 Å². The van der Waals surface area contributed by atoms with Crippen LogP contribution in [0.4, 0.5) is 0 Å². The van der Waals surface area contributed by atoms with E-state index in [0.29, 0.717) is 17.8 Å². The second kappa shape index (κ2) is 5.45. The van der Waals surface area contributed by atoms with Crippen LogP contribution in [-0.2, 0) is 9.53 Å². The van der Waals surface area contributed by atoms with Crippen LogP contribution < -0.4 is 0 Å². The Hall–Kier alpha value is -1.09. The molecule has 0 amide bonds. The smallest absolute Gasteiger partial charge is 0.337 e. The number of carbonyl (C=O) groups is 1. The first-order valence-corrected chi connectivity index (χ1v) is 9.57. The van der Waals surface area contributed by atoms with E-state index in [9.17, 15) is 9.90 Å². The van der Waals surface area contributed by atoms with Crippen molar-refractivity contribution >= 4 is 5.97 Å². The molecule has 1 unspecified atom stereocenters. The maximum absolute atomic E-state index is 11.9. The average Bonchev–Trinajstić information content (AvgIpc) is 2.88. The van der Waals surface area contributed by atoms with Crippen LogP contribution in [0.2, 0.25) is 0 Å². The largest absolute Gasteiger partial charge is 0.465 e. The first-order valence-electron chi connectivity index (χ1n) is 9.57. The molecule has 1 N–H and O–H groups in total. The summed E-state index contributed by atoms with van der Waals surface area (Å²) < 4.78 is 4.90. The quantitative estimate of drug-likeness (QED) is 0.742. The van der Waals surface area contributed by atoms with Gasteiger partial charge in [-0.15, -0.1) is 0 Å². The minimum absolute atomic E-state index is 0.110. The minimum Gasteiger partial charge on any atom is -0.465 e. The summed E-state index contributed by atoms with van der Waals surface area (Å²) in [5.41, 5.74) is 1.00. The monoisotopic (exact) mass is 330 g/mol. The lowest BCUT2D eigenvalue weighted by Crippen LogP contribution is -2.52. The van der Waals surface area contributed by atoms with Gasteiger partial charge in [-0.25, -0.2) is 4.79 Å². The molecule has 4 rings (SSSR count). The number of esters is 1. The van der Waals surface area contributed by atoms with Crippen molar-refractivity contribution in [1.29, 1.82) is 0 Å². The van der Waals surface area contributed by atoms with Crippen LogP contribution >= 0.6 is 0 Å². The number of fused-ring (bicyclic) bond motifs is 5. The van der Waals surface area contributed by atoms with E-state index in [1.807, 2.05) is 6.08 Å². The summed E-state index contributed by atoms with van der Waals surface area (Å²) in [4.78, 5) is 11.9. The van der Waals surface area contributed by atoms with Crippen molar-refractivity contribution in [2.24, 2.45) is 34.5 Å². The molecule has 4 aliphatic carbocycles. The molecular formula is C21H30O3. The van der Waals surface area contributed by atoms with Gasteiger partial charge in [0.15, 0.2) is 0 Å². The first kappa shape index (κ1) is 16.4. The van der Waals surface area contributed by atoms with E-state index >= 15 is 0 Å². The van der Waals surface area contributed by atoms with E-state index in [1.165, 1.54) is 26.4 Å². The van der Waals surface area contributed by atoms with Crippen LogP contribution in [0.5, 0.6) is 0 Å². The van der Waals surface area contributed by atoms with Crippen LogP contribution in [0.15, 0.2) is 23.8 Å². The van der Waals surface area contributed by atoms with Crippen molar-refractivity contribution in [1.82, 2.24) is 0 Å². The number of carbonyl (C=O) groups excluding carboxylic acids is 1. The number of methoxy groups -OCH3 is 1. The van der Waals surface area contributed by atoms with Crippen LogP contribution in [0, 0.1) is 34.5 Å². The van der Waals surface area contributed by atoms with Crippen LogP contribution in [-0.4, -0.2) is 24.3 Å². The first-order chi connectivity index (χ1) is 11.4. The highest BCUT2D eigenvalue weighted by molar-refractivity contribution is 5.91. The average molecular weight is 330 g/mol. The van der Waals surface area contributed by atoms with Crippen LogP contribution in [0.25, 0.3) is 0 Å². The van der Waals surface area contributed by atoms with Gasteiger partial charge in [-0.2, -0.15) is 0 Å². The molecule has 0 heterocycles. The molecule has 24 heavy (non-hydrogen) atoms. The van der Waals surface area contributed by atoms with Gasteiger partial charge in [-0.1, -0.05) is 32.1 Å². The summed E-state index contributed by atoms with van der Waals surface area (Å²) in [6.07, 6.45) is 13.2. The molecule has 3 fully saturated rings. The van der Waals surface area contributed by atoms with Gasteiger partial charge in [-0.05, 0) is 73.0 Å². The molecule has 0 aromatic carbocycles. The number of ether oxygens (including phenoxy) is 1. The highest BCUT2D eigenvalue weighted by Gasteiger charge is 2.58. The number of aliphatic hydroxyl groups excluding tert-OH is 1. The van der Waals surface area contributed by atoms with Gasteiger partial charge in [0.2, 0.25) is 0 Å². The van der Waals surface area contributed by atoms with E-state index < -0.39 is 0 Å². The maximum atomic E-state index is 11.9. The predicted molar refractivity (Wildman–Crippen MR) is 93.1 cm³/mol. The molecule has 3 heteroatoms. The standard InChI is InChI=1S/C21H30O3/c1-20-10-8-13(19(23)24-3)12-14(20)4-5-15-16-6-7-18(22)21(16,2)11-9-17(15)20/h8,10,12,14-18,22H,4-7,9,11H2,1-3H3/t14?,15-,16-,17-,18-,20-,21-/m0/s1. The fourth-order valence-corrected chi connectivity index (χ4v) is 6.70. The maximum Gasteiger partial charge on any atom is 0.337 e. The Labute approximate surface area is 145 Å². The molecule has 132 valence electrons. The molecule has 4 aliphatic rings.